The lowest BCUT2D eigenvalue weighted by atomic mass is 9.70. The van der Waals surface area contributed by atoms with Crippen molar-refractivity contribution in [2.24, 2.45) is 0 Å². The molecule has 0 aliphatic heterocycles. The second-order valence-electron chi connectivity index (χ2n) is 16.3. The second kappa shape index (κ2) is 12.6. The predicted octanol–water partition coefficient (Wildman–Crippen LogP) is 15.8. The van der Waals surface area contributed by atoms with Gasteiger partial charge in [0.2, 0.25) is 0 Å². The molecule has 0 saturated heterocycles. The molecule has 0 radical (unpaired) electrons. The maximum Gasteiger partial charge on any atom is 0.0726 e. The van der Waals surface area contributed by atoms with Gasteiger partial charge in [-0.25, -0.2) is 0 Å². The van der Waals surface area contributed by atoms with Crippen LogP contribution in [0.25, 0.3) is 76.5 Å². The van der Waals surface area contributed by atoms with Gasteiger partial charge in [0.05, 0.1) is 11.1 Å². The summed E-state index contributed by atoms with van der Waals surface area (Å²) >= 11 is 0. The summed E-state index contributed by atoms with van der Waals surface area (Å²) in [6, 6.07) is 83.7. The smallest absolute Gasteiger partial charge is 0.0726 e. The fourth-order valence-electron chi connectivity index (χ4n) is 11.1. The minimum atomic E-state index is -0.451. The monoisotopic (exact) mass is 759 g/mol. The fraction of sp³-hybridized carbons (Fsp3) is 0.0169. The number of nitrogens with zero attached hydrogens (tertiary/aromatic N) is 1. The van der Waals surface area contributed by atoms with Crippen molar-refractivity contribution in [2.45, 2.75) is 5.41 Å². The van der Waals surface area contributed by atoms with Crippen LogP contribution in [0.2, 0.25) is 0 Å². The van der Waals surface area contributed by atoms with E-state index in [1.165, 1.54) is 98.7 Å². The summed E-state index contributed by atoms with van der Waals surface area (Å²) in [6.07, 6.45) is 0. The van der Waals surface area contributed by atoms with Crippen LogP contribution in [0.3, 0.4) is 0 Å². The van der Waals surface area contributed by atoms with Gasteiger partial charge in [0.15, 0.2) is 0 Å². The first kappa shape index (κ1) is 33.3. The Labute approximate surface area is 349 Å². The van der Waals surface area contributed by atoms with Crippen molar-refractivity contribution in [3.63, 3.8) is 0 Å². The Morgan fingerprint density at radius 3 is 1.40 bits per heavy atom. The average Bonchev–Trinajstić information content (AvgIpc) is 3.79. The number of hydrogen-bond donors (Lipinski definition) is 0. The van der Waals surface area contributed by atoms with E-state index in [-0.39, 0.29) is 0 Å². The molecule has 0 fully saturated rings. The zero-order valence-corrected chi connectivity index (χ0v) is 32.8. The highest BCUT2D eigenvalue weighted by Gasteiger charge is 2.51. The standard InChI is InChI=1S/C59H37N/c1-2-20-42-38(16-1)17-14-28-43(42)39-18-13-19-40(36-39)60(57-33-15-29-52-46-22-4-3-21-44(46)45-23-5-6-27-51(45)58(52)57)41-34-35-50-49-26-9-12-32-55(49)59(56(50)37-41)53-30-10-7-24-47(53)48-25-8-11-31-54(48)59/h1-37H. The van der Waals surface area contributed by atoms with E-state index in [4.69, 9.17) is 0 Å². The van der Waals surface area contributed by atoms with Crippen LogP contribution in [-0.4, -0.2) is 0 Å². The number of anilines is 3. The summed E-state index contributed by atoms with van der Waals surface area (Å²) in [5.74, 6) is 0. The van der Waals surface area contributed by atoms with Crippen LogP contribution in [0.1, 0.15) is 22.3 Å². The molecule has 278 valence electrons. The van der Waals surface area contributed by atoms with Crippen LogP contribution in [0.5, 0.6) is 0 Å². The Morgan fingerprint density at radius 2 is 0.733 bits per heavy atom. The maximum atomic E-state index is 2.53. The Hall–Kier alpha value is -7.74. The lowest BCUT2D eigenvalue weighted by molar-refractivity contribution is 0.793. The van der Waals surface area contributed by atoms with Crippen molar-refractivity contribution in [1.82, 2.24) is 0 Å². The Morgan fingerprint density at radius 1 is 0.283 bits per heavy atom. The summed E-state index contributed by atoms with van der Waals surface area (Å²) in [4.78, 5) is 2.53. The molecular weight excluding hydrogens is 723 g/mol. The molecule has 60 heavy (non-hydrogen) atoms. The molecule has 0 unspecified atom stereocenters. The van der Waals surface area contributed by atoms with E-state index >= 15 is 0 Å². The van der Waals surface area contributed by atoms with Crippen LogP contribution in [0.15, 0.2) is 224 Å². The summed E-state index contributed by atoms with van der Waals surface area (Å²) in [6.45, 7) is 0. The molecule has 0 atom stereocenters. The van der Waals surface area contributed by atoms with Crippen molar-refractivity contribution in [3.05, 3.63) is 247 Å². The van der Waals surface area contributed by atoms with Gasteiger partial charge in [0.1, 0.15) is 0 Å². The summed E-state index contributed by atoms with van der Waals surface area (Å²) in [5.41, 5.74) is 16.0. The first-order valence-electron chi connectivity index (χ1n) is 20.9. The van der Waals surface area contributed by atoms with Crippen LogP contribution < -0.4 is 4.90 Å². The quantitative estimate of drug-likeness (QED) is 0.162. The third-order valence-electron chi connectivity index (χ3n) is 13.4. The highest BCUT2D eigenvalue weighted by Crippen LogP contribution is 2.63. The van der Waals surface area contributed by atoms with Crippen molar-refractivity contribution in [1.29, 1.82) is 0 Å². The Bertz CT molecular complexity index is 3460. The minimum Gasteiger partial charge on any atom is -0.310 e. The van der Waals surface area contributed by atoms with Gasteiger partial charge >= 0.3 is 0 Å². The van der Waals surface area contributed by atoms with E-state index in [1.54, 1.807) is 0 Å². The topological polar surface area (TPSA) is 3.24 Å². The van der Waals surface area contributed by atoms with Crippen molar-refractivity contribution in [2.75, 3.05) is 4.90 Å². The van der Waals surface area contributed by atoms with E-state index in [9.17, 15) is 0 Å². The van der Waals surface area contributed by atoms with Crippen LogP contribution >= 0.6 is 0 Å². The number of fused-ring (bicyclic) bond motifs is 17. The Kier molecular flexibility index (Phi) is 7.00. The summed E-state index contributed by atoms with van der Waals surface area (Å²) < 4.78 is 0. The maximum absolute atomic E-state index is 2.53. The predicted molar refractivity (Wildman–Crippen MR) is 253 cm³/mol. The normalized spacial score (nSPS) is 13.1. The molecule has 0 amide bonds. The van der Waals surface area contributed by atoms with Gasteiger partial charge in [-0.05, 0) is 124 Å². The molecule has 1 nitrogen and oxygen atoms in total. The van der Waals surface area contributed by atoms with Gasteiger partial charge in [0, 0.05) is 16.8 Å². The first-order valence-corrected chi connectivity index (χ1v) is 20.9. The summed E-state index contributed by atoms with van der Waals surface area (Å²) in [7, 11) is 0. The van der Waals surface area contributed by atoms with E-state index < -0.39 is 5.41 Å². The van der Waals surface area contributed by atoms with Crippen molar-refractivity contribution in [3.8, 4) is 33.4 Å². The zero-order valence-electron chi connectivity index (χ0n) is 32.8. The SMILES string of the molecule is c1cc(-c2cccc3ccccc23)cc(N(c2ccc3c(c2)C2(c4ccccc4-c4ccccc42)c2ccccc2-3)c2cccc3c4ccccc4c4ccccc4c23)c1. The highest BCUT2D eigenvalue weighted by atomic mass is 15.1. The largest absolute Gasteiger partial charge is 0.310 e. The first-order chi connectivity index (χ1) is 29.8. The van der Waals surface area contributed by atoms with E-state index in [1.807, 2.05) is 0 Å². The van der Waals surface area contributed by atoms with E-state index in [0.29, 0.717) is 0 Å². The highest BCUT2D eigenvalue weighted by molar-refractivity contribution is 6.28. The molecule has 0 heterocycles. The van der Waals surface area contributed by atoms with Gasteiger partial charge in [-0.3, -0.25) is 0 Å². The lowest BCUT2D eigenvalue weighted by Gasteiger charge is -2.32. The van der Waals surface area contributed by atoms with E-state index in [0.717, 1.165) is 17.1 Å². The van der Waals surface area contributed by atoms with Crippen LogP contribution in [-0.2, 0) is 5.41 Å². The van der Waals surface area contributed by atoms with Crippen molar-refractivity contribution < 1.29 is 0 Å². The average molecular weight is 760 g/mol. The van der Waals surface area contributed by atoms with Gasteiger partial charge < -0.3 is 4.90 Å². The number of hydrogen-bond acceptors (Lipinski definition) is 1. The number of benzene rings is 11. The third kappa shape index (κ3) is 4.47. The molecule has 1 heteroatoms. The second-order valence-corrected chi connectivity index (χ2v) is 16.3. The third-order valence-corrected chi connectivity index (χ3v) is 13.4. The molecular formula is C59H37N. The molecule has 2 aliphatic rings. The zero-order chi connectivity index (χ0) is 39.4. The lowest BCUT2D eigenvalue weighted by Crippen LogP contribution is -2.26. The van der Waals surface area contributed by atoms with Crippen molar-refractivity contribution >= 4 is 60.2 Å². The van der Waals surface area contributed by atoms with E-state index in [2.05, 4.69) is 229 Å². The molecule has 2 aliphatic carbocycles. The molecule has 1 spiro atoms. The number of rotatable bonds is 4. The van der Waals surface area contributed by atoms with Gasteiger partial charge in [-0.2, -0.15) is 0 Å². The van der Waals surface area contributed by atoms with Gasteiger partial charge in [-0.1, -0.05) is 194 Å². The molecule has 0 N–H and O–H groups in total. The van der Waals surface area contributed by atoms with Crippen LogP contribution in [0.4, 0.5) is 17.1 Å². The molecule has 0 saturated carbocycles. The molecule has 0 aromatic heterocycles. The van der Waals surface area contributed by atoms with Gasteiger partial charge in [-0.15, -0.1) is 0 Å². The Balaban J connectivity index is 1.13. The van der Waals surface area contributed by atoms with Gasteiger partial charge in [0.25, 0.3) is 0 Å². The molecule has 13 rings (SSSR count). The molecule has 11 aromatic carbocycles. The minimum absolute atomic E-state index is 0.451. The van der Waals surface area contributed by atoms with Crippen LogP contribution in [0, 0.1) is 0 Å². The summed E-state index contributed by atoms with van der Waals surface area (Å²) in [5, 5.41) is 10.0. The fourth-order valence-corrected chi connectivity index (χ4v) is 11.1. The molecule has 11 aromatic rings. The molecule has 0 bridgehead atoms.